The van der Waals surface area contributed by atoms with Gasteiger partial charge in [0.25, 0.3) is 5.91 Å². The zero-order valence-electron chi connectivity index (χ0n) is 12.8. The Morgan fingerprint density at radius 2 is 2.10 bits per heavy atom. The molecule has 0 radical (unpaired) electrons. The molecule has 0 atom stereocenters. The fourth-order valence-corrected chi connectivity index (χ4v) is 2.18. The smallest absolute Gasteiger partial charge is 0.273 e. The van der Waals surface area contributed by atoms with Gasteiger partial charge < -0.3 is 11.1 Å². The molecular weight excluding hydrogens is 264 g/mol. The molecule has 0 aliphatic rings. The van der Waals surface area contributed by atoms with Gasteiger partial charge in [0.1, 0.15) is 5.69 Å². The van der Waals surface area contributed by atoms with Gasteiger partial charge in [-0.2, -0.15) is 5.10 Å². The number of nitrogens with two attached hydrogens (primary N) is 1. The number of carbonyl (C=O) groups excluding carboxylic acids is 1. The van der Waals surface area contributed by atoms with Crippen LogP contribution in [0.5, 0.6) is 0 Å². The third kappa shape index (κ3) is 3.31. The van der Waals surface area contributed by atoms with E-state index in [1.807, 2.05) is 45.0 Å². The summed E-state index contributed by atoms with van der Waals surface area (Å²) >= 11 is 0. The molecule has 0 spiro atoms. The lowest BCUT2D eigenvalue weighted by Crippen LogP contribution is -2.18. The van der Waals surface area contributed by atoms with Gasteiger partial charge in [0, 0.05) is 18.8 Å². The van der Waals surface area contributed by atoms with E-state index in [9.17, 15) is 4.79 Å². The highest BCUT2D eigenvalue weighted by Crippen LogP contribution is 2.18. The Kier molecular flexibility index (Phi) is 4.75. The minimum Gasteiger partial charge on any atom is -0.326 e. The minimum absolute atomic E-state index is 0.138. The summed E-state index contributed by atoms with van der Waals surface area (Å²) < 4.78 is 1.73. The van der Waals surface area contributed by atoms with Crippen LogP contribution >= 0.6 is 0 Å². The molecule has 0 fully saturated rings. The van der Waals surface area contributed by atoms with Crippen LogP contribution in [0.4, 0.5) is 5.69 Å². The molecule has 0 unspecified atom stereocenters. The van der Waals surface area contributed by atoms with E-state index in [-0.39, 0.29) is 5.91 Å². The number of rotatable bonds is 5. The zero-order valence-corrected chi connectivity index (χ0v) is 12.8. The van der Waals surface area contributed by atoms with Crippen LogP contribution in [0.25, 0.3) is 0 Å². The van der Waals surface area contributed by atoms with E-state index in [0.717, 1.165) is 28.9 Å². The molecule has 2 rings (SSSR count). The second-order valence-electron chi connectivity index (χ2n) is 5.00. The summed E-state index contributed by atoms with van der Waals surface area (Å²) in [6.45, 7) is 7.09. The lowest BCUT2D eigenvalue weighted by atomic mass is 10.1. The topological polar surface area (TPSA) is 72.9 Å². The number of aryl methyl sites for hydroxylation is 3. The van der Waals surface area contributed by atoms with Crippen LogP contribution < -0.4 is 11.1 Å². The normalized spacial score (nSPS) is 10.7. The van der Waals surface area contributed by atoms with Crippen molar-refractivity contribution in [1.29, 1.82) is 0 Å². The Hall–Kier alpha value is -2.14. The van der Waals surface area contributed by atoms with Crippen LogP contribution in [0.3, 0.4) is 0 Å². The molecule has 0 bridgehead atoms. The third-order valence-corrected chi connectivity index (χ3v) is 3.51. The first-order chi connectivity index (χ1) is 10.1. The minimum atomic E-state index is -0.138. The summed E-state index contributed by atoms with van der Waals surface area (Å²) in [6, 6.07) is 7.70. The molecule has 1 aromatic heterocycles. The van der Waals surface area contributed by atoms with Crippen molar-refractivity contribution in [2.75, 3.05) is 5.32 Å². The number of amides is 1. The lowest BCUT2D eigenvalue weighted by Gasteiger charge is -2.10. The first-order valence-electron chi connectivity index (χ1n) is 7.26. The van der Waals surface area contributed by atoms with Gasteiger partial charge in [-0.05, 0) is 43.5 Å². The van der Waals surface area contributed by atoms with Gasteiger partial charge in [0.05, 0.1) is 5.69 Å². The summed E-state index contributed by atoms with van der Waals surface area (Å²) in [5.74, 6) is -0.138. The number of hydrogen-bond acceptors (Lipinski definition) is 3. The maximum atomic E-state index is 12.5. The summed E-state index contributed by atoms with van der Waals surface area (Å²) in [4.78, 5) is 12.5. The molecule has 5 heteroatoms. The fourth-order valence-electron chi connectivity index (χ4n) is 2.18. The van der Waals surface area contributed by atoms with Gasteiger partial charge in [-0.15, -0.1) is 0 Å². The first-order valence-corrected chi connectivity index (χ1v) is 7.26. The average molecular weight is 286 g/mol. The number of aromatic nitrogens is 2. The van der Waals surface area contributed by atoms with Gasteiger partial charge in [-0.3, -0.25) is 9.48 Å². The zero-order chi connectivity index (χ0) is 15.4. The monoisotopic (exact) mass is 286 g/mol. The molecule has 0 saturated heterocycles. The molecule has 0 aliphatic heterocycles. The van der Waals surface area contributed by atoms with E-state index in [0.29, 0.717) is 18.8 Å². The van der Waals surface area contributed by atoms with Gasteiger partial charge in [-0.25, -0.2) is 0 Å². The Balaban J connectivity index is 2.27. The van der Waals surface area contributed by atoms with Crippen molar-refractivity contribution in [3.63, 3.8) is 0 Å². The second kappa shape index (κ2) is 6.54. The molecule has 1 heterocycles. The van der Waals surface area contributed by atoms with Crippen LogP contribution in [0.2, 0.25) is 0 Å². The predicted molar refractivity (Wildman–Crippen MR) is 84.3 cm³/mol. The lowest BCUT2D eigenvalue weighted by molar-refractivity contribution is 0.101. The molecule has 0 saturated carbocycles. The van der Waals surface area contributed by atoms with E-state index in [2.05, 4.69) is 10.4 Å². The standard InChI is InChI=1S/C16H22N4O/c1-4-13-9-15(20(5-2)19-13)16(21)18-14-8-12(10-17)7-6-11(14)3/h6-9H,4-5,10,17H2,1-3H3,(H,18,21). The van der Waals surface area contributed by atoms with Gasteiger partial charge >= 0.3 is 0 Å². The largest absolute Gasteiger partial charge is 0.326 e. The summed E-state index contributed by atoms with van der Waals surface area (Å²) in [5, 5.41) is 7.36. The molecular formula is C16H22N4O. The van der Waals surface area contributed by atoms with Crippen LogP contribution in [0.15, 0.2) is 24.3 Å². The SMILES string of the molecule is CCc1cc(C(=O)Nc2cc(CN)ccc2C)n(CC)n1. The first kappa shape index (κ1) is 15.3. The Labute approximate surface area is 125 Å². The number of nitrogens with zero attached hydrogens (tertiary/aromatic N) is 2. The van der Waals surface area contributed by atoms with Crippen molar-refractivity contribution in [2.24, 2.45) is 5.73 Å². The van der Waals surface area contributed by atoms with Crippen molar-refractivity contribution < 1.29 is 4.79 Å². The van der Waals surface area contributed by atoms with Gasteiger partial charge in [-0.1, -0.05) is 19.1 Å². The van der Waals surface area contributed by atoms with Gasteiger partial charge in [0.2, 0.25) is 0 Å². The summed E-state index contributed by atoms with van der Waals surface area (Å²) in [6.07, 6.45) is 0.814. The summed E-state index contributed by atoms with van der Waals surface area (Å²) in [5.41, 5.74) is 9.97. The maximum absolute atomic E-state index is 12.5. The van der Waals surface area contributed by atoms with Crippen LogP contribution in [0, 0.1) is 6.92 Å². The molecule has 1 aromatic carbocycles. The van der Waals surface area contributed by atoms with Crippen LogP contribution in [-0.2, 0) is 19.5 Å². The number of hydrogen-bond donors (Lipinski definition) is 2. The summed E-state index contributed by atoms with van der Waals surface area (Å²) in [7, 11) is 0. The third-order valence-electron chi connectivity index (χ3n) is 3.51. The Morgan fingerprint density at radius 3 is 2.71 bits per heavy atom. The van der Waals surface area contributed by atoms with E-state index in [1.165, 1.54) is 0 Å². The predicted octanol–water partition coefficient (Wildman–Crippen LogP) is 2.48. The highest BCUT2D eigenvalue weighted by atomic mass is 16.2. The highest BCUT2D eigenvalue weighted by Gasteiger charge is 2.15. The van der Waals surface area contributed by atoms with Crippen LogP contribution in [0.1, 0.15) is 41.2 Å². The van der Waals surface area contributed by atoms with E-state index < -0.39 is 0 Å². The number of anilines is 1. The molecule has 0 aliphatic carbocycles. The Bertz CT molecular complexity index is 646. The molecule has 3 N–H and O–H groups in total. The van der Waals surface area contributed by atoms with Crippen molar-refractivity contribution in [3.05, 3.63) is 46.8 Å². The second-order valence-corrected chi connectivity index (χ2v) is 5.00. The molecule has 1 amide bonds. The van der Waals surface area contributed by atoms with Crippen LogP contribution in [-0.4, -0.2) is 15.7 Å². The molecule has 21 heavy (non-hydrogen) atoms. The van der Waals surface area contributed by atoms with E-state index >= 15 is 0 Å². The van der Waals surface area contributed by atoms with Crippen molar-refractivity contribution >= 4 is 11.6 Å². The van der Waals surface area contributed by atoms with E-state index in [4.69, 9.17) is 5.73 Å². The van der Waals surface area contributed by atoms with Crippen molar-refractivity contribution in [3.8, 4) is 0 Å². The number of carbonyl (C=O) groups is 1. The highest BCUT2D eigenvalue weighted by molar-refractivity contribution is 6.03. The Morgan fingerprint density at radius 1 is 1.33 bits per heavy atom. The molecule has 112 valence electrons. The van der Waals surface area contributed by atoms with Crippen molar-refractivity contribution in [1.82, 2.24) is 9.78 Å². The average Bonchev–Trinajstić information content (AvgIpc) is 2.93. The number of nitrogens with one attached hydrogen (secondary N) is 1. The molecule has 5 nitrogen and oxygen atoms in total. The molecule has 2 aromatic rings. The number of benzene rings is 1. The fraction of sp³-hybridized carbons (Fsp3) is 0.375. The van der Waals surface area contributed by atoms with E-state index in [1.54, 1.807) is 4.68 Å². The maximum Gasteiger partial charge on any atom is 0.273 e. The van der Waals surface area contributed by atoms with Gasteiger partial charge in [0.15, 0.2) is 0 Å². The van der Waals surface area contributed by atoms with Crippen molar-refractivity contribution in [2.45, 2.75) is 40.3 Å². The quantitative estimate of drug-likeness (QED) is 0.887.